The van der Waals surface area contributed by atoms with Gasteiger partial charge >= 0.3 is 0 Å². The Bertz CT molecular complexity index is 208. The van der Waals surface area contributed by atoms with Crippen LogP contribution in [0.3, 0.4) is 0 Å². The van der Waals surface area contributed by atoms with Crippen LogP contribution in [-0.4, -0.2) is 6.67 Å². The van der Waals surface area contributed by atoms with Gasteiger partial charge in [0.25, 0.3) is 0 Å². The number of nitrogens with two attached hydrogens (primary N) is 1. The van der Waals surface area contributed by atoms with Gasteiger partial charge in [-0.05, 0) is 17.7 Å². The first-order valence-electron chi connectivity index (χ1n) is 3.48. The molecule has 0 spiro atoms. The molecule has 2 nitrogen and oxygen atoms in total. The number of benzene rings is 1. The van der Waals surface area contributed by atoms with Crippen LogP contribution in [0.4, 0.5) is 10.1 Å². The average molecular weight is 154 g/mol. The second kappa shape index (κ2) is 3.93. The molecule has 0 aromatic heterocycles. The summed E-state index contributed by atoms with van der Waals surface area (Å²) in [6.45, 7) is -0.310. The van der Waals surface area contributed by atoms with Crippen LogP contribution in [0.5, 0.6) is 0 Å². The SMILES string of the molecule is NNc1ccc(CCF)cc1. The van der Waals surface area contributed by atoms with E-state index in [2.05, 4.69) is 5.43 Å². The van der Waals surface area contributed by atoms with Gasteiger partial charge in [-0.1, -0.05) is 12.1 Å². The molecule has 0 heterocycles. The van der Waals surface area contributed by atoms with E-state index in [0.717, 1.165) is 11.3 Å². The molecular weight excluding hydrogens is 143 g/mol. The van der Waals surface area contributed by atoms with Gasteiger partial charge < -0.3 is 5.43 Å². The van der Waals surface area contributed by atoms with Gasteiger partial charge in [-0.3, -0.25) is 10.2 Å². The van der Waals surface area contributed by atoms with Crippen LogP contribution in [0.25, 0.3) is 0 Å². The number of alkyl halides is 1. The number of nitrogen functional groups attached to an aromatic ring is 1. The van der Waals surface area contributed by atoms with Gasteiger partial charge in [0.2, 0.25) is 0 Å². The molecular formula is C8H11FN2. The van der Waals surface area contributed by atoms with Crippen LogP contribution in [0, 0.1) is 0 Å². The van der Waals surface area contributed by atoms with Crippen molar-refractivity contribution in [3.8, 4) is 0 Å². The van der Waals surface area contributed by atoms with Crippen molar-refractivity contribution in [3.63, 3.8) is 0 Å². The molecule has 0 saturated heterocycles. The van der Waals surface area contributed by atoms with Gasteiger partial charge in [0.15, 0.2) is 0 Å². The first-order valence-corrected chi connectivity index (χ1v) is 3.48. The molecule has 0 saturated carbocycles. The van der Waals surface area contributed by atoms with E-state index in [1.165, 1.54) is 0 Å². The molecule has 0 aliphatic rings. The summed E-state index contributed by atoms with van der Waals surface area (Å²) in [5.41, 5.74) is 4.34. The zero-order valence-electron chi connectivity index (χ0n) is 6.18. The molecule has 0 aliphatic carbocycles. The van der Waals surface area contributed by atoms with E-state index in [9.17, 15) is 4.39 Å². The second-order valence-electron chi connectivity index (χ2n) is 2.28. The molecule has 0 fully saturated rings. The fraction of sp³-hybridized carbons (Fsp3) is 0.250. The van der Waals surface area contributed by atoms with Crippen LogP contribution in [0.15, 0.2) is 24.3 Å². The third kappa shape index (κ3) is 2.20. The van der Waals surface area contributed by atoms with Crippen LogP contribution in [0.1, 0.15) is 5.56 Å². The quantitative estimate of drug-likeness (QED) is 0.511. The van der Waals surface area contributed by atoms with Crippen LogP contribution >= 0.6 is 0 Å². The number of halogens is 1. The topological polar surface area (TPSA) is 38.0 Å². The normalized spacial score (nSPS) is 9.64. The summed E-state index contributed by atoms with van der Waals surface area (Å²) < 4.78 is 11.8. The van der Waals surface area contributed by atoms with Gasteiger partial charge in [0, 0.05) is 12.1 Å². The van der Waals surface area contributed by atoms with Crippen molar-refractivity contribution in [2.75, 3.05) is 12.1 Å². The lowest BCUT2D eigenvalue weighted by Gasteiger charge is -2.00. The summed E-state index contributed by atoms with van der Waals surface area (Å²) in [5.74, 6) is 5.15. The van der Waals surface area contributed by atoms with Crippen molar-refractivity contribution in [2.45, 2.75) is 6.42 Å². The predicted molar refractivity (Wildman–Crippen MR) is 43.9 cm³/mol. The van der Waals surface area contributed by atoms with E-state index in [1.807, 2.05) is 24.3 Å². The molecule has 0 atom stereocenters. The number of hydrogen-bond donors (Lipinski definition) is 2. The Labute approximate surface area is 65.2 Å². The Morgan fingerprint density at radius 1 is 1.27 bits per heavy atom. The zero-order chi connectivity index (χ0) is 8.10. The highest BCUT2D eigenvalue weighted by atomic mass is 19.1. The standard InChI is InChI=1S/C8H11FN2/c9-6-5-7-1-3-8(11-10)4-2-7/h1-4,11H,5-6,10H2. The minimum atomic E-state index is -0.310. The highest BCUT2D eigenvalue weighted by Gasteiger charge is 1.91. The Morgan fingerprint density at radius 3 is 2.36 bits per heavy atom. The lowest BCUT2D eigenvalue weighted by molar-refractivity contribution is 0.495. The molecule has 3 heteroatoms. The Kier molecular flexibility index (Phi) is 2.86. The number of anilines is 1. The van der Waals surface area contributed by atoms with E-state index in [-0.39, 0.29) is 6.67 Å². The lowest BCUT2D eigenvalue weighted by Crippen LogP contribution is -2.06. The predicted octanol–water partition coefficient (Wildman–Crippen LogP) is 1.48. The van der Waals surface area contributed by atoms with Gasteiger partial charge in [-0.2, -0.15) is 0 Å². The molecule has 0 aliphatic heterocycles. The van der Waals surface area contributed by atoms with Gasteiger partial charge in [-0.15, -0.1) is 0 Å². The molecule has 1 aromatic rings. The van der Waals surface area contributed by atoms with Crippen molar-refractivity contribution >= 4 is 5.69 Å². The molecule has 1 rings (SSSR count). The van der Waals surface area contributed by atoms with Crippen LogP contribution in [-0.2, 0) is 6.42 Å². The average Bonchev–Trinajstić information content (AvgIpc) is 2.07. The largest absolute Gasteiger partial charge is 0.324 e. The fourth-order valence-corrected chi connectivity index (χ4v) is 0.877. The number of hydrazine groups is 1. The van der Waals surface area contributed by atoms with Crippen LogP contribution in [0.2, 0.25) is 0 Å². The third-order valence-electron chi connectivity index (χ3n) is 1.50. The first kappa shape index (κ1) is 8.01. The Hall–Kier alpha value is -1.09. The number of rotatable bonds is 3. The zero-order valence-corrected chi connectivity index (χ0v) is 6.18. The van der Waals surface area contributed by atoms with Gasteiger partial charge in [-0.25, -0.2) is 0 Å². The number of nitrogens with one attached hydrogen (secondary N) is 1. The van der Waals surface area contributed by atoms with E-state index >= 15 is 0 Å². The fourth-order valence-electron chi connectivity index (χ4n) is 0.877. The smallest absolute Gasteiger partial charge is 0.0934 e. The maximum Gasteiger partial charge on any atom is 0.0934 e. The minimum Gasteiger partial charge on any atom is -0.324 e. The molecule has 0 amide bonds. The molecule has 0 radical (unpaired) electrons. The van der Waals surface area contributed by atoms with Crippen molar-refractivity contribution in [1.29, 1.82) is 0 Å². The summed E-state index contributed by atoms with van der Waals surface area (Å²) in [5, 5.41) is 0. The minimum absolute atomic E-state index is 0.310. The van der Waals surface area contributed by atoms with E-state index in [0.29, 0.717) is 6.42 Å². The van der Waals surface area contributed by atoms with Crippen molar-refractivity contribution in [3.05, 3.63) is 29.8 Å². The highest BCUT2D eigenvalue weighted by Crippen LogP contribution is 2.08. The Morgan fingerprint density at radius 2 is 1.91 bits per heavy atom. The Balaban J connectivity index is 2.66. The lowest BCUT2D eigenvalue weighted by atomic mass is 10.1. The number of hydrogen-bond acceptors (Lipinski definition) is 2. The van der Waals surface area contributed by atoms with Gasteiger partial charge in [0.1, 0.15) is 0 Å². The van der Waals surface area contributed by atoms with E-state index < -0.39 is 0 Å². The summed E-state index contributed by atoms with van der Waals surface area (Å²) in [7, 11) is 0. The maximum atomic E-state index is 11.8. The molecule has 1 aromatic carbocycles. The van der Waals surface area contributed by atoms with E-state index in [1.54, 1.807) is 0 Å². The van der Waals surface area contributed by atoms with Crippen molar-refractivity contribution in [1.82, 2.24) is 0 Å². The van der Waals surface area contributed by atoms with Crippen molar-refractivity contribution in [2.24, 2.45) is 5.84 Å². The maximum absolute atomic E-state index is 11.8. The van der Waals surface area contributed by atoms with Gasteiger partial charge in [0.05, 0.1) is 6.67 Å². The van der Waals surface area contributed by atoms with Crippen molar-refractivity contribution < 1.29 is 4.39 Å². The summed E-state index contributed by atoms with van der Waals surface area (Å²) in [6.07, 6.45) is 0.477. The monoisotopic (exact) mass is 154 g/mol. The summed E-state index contributed by atoms with van der Waals surface area (Å²) >= 11 is 0. The molecule has 11 heavy (non-hydrogen) atoms. The molecule has 0 unspecified atom stereocenters. The first-order chi connectivity index (χ1) is 5.36. The van der Waals surface area contributed by atoms with Crippen LogP contribution < -0.4 is 11.3 Å². The highest BCUT2D eigenvalue weighted by molar-refractivity contribution is 5.43. The second-order valence-corrected chi connectivity index (χ2v) is 2.28. The summed E-state index contributed by atoms with van der Waals surface area (Å²) in [4.78, 5) is 0. The molecule has 0 bridgehead atoms. The third-order valence-corrected chi connectivity index (χ3v) is 1.50. The van der Waals surface area contributed by atoms with E-state index in [4.69, 9.17) is 5.84 Å². The molecule has 3 N–H and O–H groups in total. The molecule has 60 valence electrons. The number of aryl methyl sites for hydroxylation is 1. The summed E-state index contributed by atoms with van der Waals surface area (Å²) in [6, 6.07) is 7.36.